The molecular formula is C26H35ClF3N3O4. The Kier molecular flexibility index (Phi) is 8.43. The number of benzene rings is 1. The van der Waals surface area contributed by atoms with Crippen LogP contribution in [0, 0.1) is 5.92 Å². The van der Waals surface area contributed by atoms with Crippen molar-refractivity contribution < 1.29 is 32.6 Å². The average molecular weight is 546 g/mol. The standard InChI is InChI=1S/C26H35ClF3N3O4/c1-16(9-23(34)35)33-8-7-32(14-17(33)2)22-5-6-25(37-15-22,19-3-4-19)24(36)31-13-18-10-20(26(28,29)30)12-21(27)11-18/h10-12,16-17,19,22H,3-9,13-15H2,1-2H3,(H,31,36)(H,34,35)/t16-,17-,22+,25-/m0/s1. The van der Waals surface area contributed by atoms with Crippen LogP contribution in [0.5, 0.6) is 0 Å². The second kappa shape index (κ2) is 11.1. The lowest BCUT2D eigenvalue weighted by atomic mass is 9.85. The Balaban J connectivity index is 1.34. The number of ether oxygens (including phenoxy) is 1. The minimum absolute atomic E-state index is 0.0283. The number of nitrogens with zero attached hydrogens (tertiary/aromatic N) is 2. The van der Waals surface area contributed by atoms with Crippen molar-refractivity contribution in [1.29, 1.82) is 0 Å². The molecule has 3 aliphatic rings. The van der Waals surface area contributed by atoms with Crippen LogP contribution in [0.25, 0.3) is 0 Å². The van der Waals surface area contributed by atoms with Gasteiger partial charge in [0.15, 0.2) is 0 Å². The molecule has 4 atom stereocenters. The topological polar surface area (TPSA) is 82.1 Å². The van der Waals surface area contributed by atoms with Crippen LogP contribution in [-0.4, -0.2) is 76.8 Å². The van der Waals surface area contributed by atoms with Crippen LogP contribution in [0.4, 0.5) is 13.2 Å². The predicted molar refractivity (Wildman–Crippen MR) is 132 cm³/mol. The number of hydrogen-bond acceptors (Lipinski definition) is 5. The molecule has 4 rings (SSSR count). The second-order valence-electron chi connectivity index (χ2n) is 10.7. The third-order valence-corrected chi connectivity index (χ3v) is 8.22. The Bertz CT molecular complexity index is 996. The summed E-state index contributed by atoms with van der Waals surface area (Å²) in [4.78, 5) is 29.0. The van der Waals surface area contributed by atoms with Gasteiger partial charge in [0.1, 0.15) is 5.60 Å². The highest BCUT2D eigenvalue weighted by molar-refractivity contribution is 6.30. The Morgan fingerprint density at radius 2 is 1.97 bits per heavy atom. The van der Waals surface area contributed by atoms with Gasteiger partial charge in [0.2, 0.25) is 0 Å². The normalized spacial score (nSPS) is 28.6. The van der Waals surface area contributed by atoms with Crippen LogP contribution in [0.15, 0.2) is 18.2 Å². The summed E-state index contributed by atoms with van der Waals surface area (Å²) < 4.78 is 45.7. The van der Waals surface area contributed by atoms with Crippen molar-refractivity contribution in [2.45, 2.75) is 82.4 Å². The van der Waals surface area contributed by atoms with Gasteiger partial charge in [-0.25, -0.2) is 0 Å². The highest BCUT2D eigenvalue weighted by atomic mass is 35.5. The van der Waals surface area contributed by atoms with Gasteiger partial charge in [-0.2, -0.15) is 13.2 Å². The average Bonchev–Trinajstić information content (AvgIpc) is 3.67. The number of rotatable bonds is 8. The summed E-state index contributed by atoms with van der Waals surface area (Å²) in [7, 11) is 0. The number of carbonyl (C=O) groups excluding carboxylic acids is 1. The molecule has 11 heteroatoms. The van der Waals surface area contributed by atoms with E-state index in [2.05, 4.69) is 22.0 Å². The van der Waals surface area contributed by atoms with E-state index in [1.165, 1.54) is 6.07 Å². The van der Waals surface area contributed by atoms with Gasteiger partial charge in [-0.3, -0.25) is 19.4 Å². The zero-order chi connectivity index (χ0) is 27.0. The first-order valence-electron chi connectivity index (χ1n) is 12.9. The van der Waals surface area contributed by atoms with Crippen LogP contribution in [0.1, 0.15) is 57.1 Å². The molecule has 0 radical (unpaired) electrons. The summed E-state index contributed by atoms with van der Waals surface area (Å²) in [5.74, 6) is -0.956. The van der Waals surface area contributed by atoms with Gasteiger partial charge < -0.3 is 15.2 Å². The van der Waals surface area contributed by atoms with Crippen molar-refractivity contribution in [3.05, 3.63) is 34.3 Å². The number of piperazine rings is 1. The van der Waals surface area contributed by atoms with E-state index in [1.54, 1.807) is 0 Å². The molecule has 1 aliphatic carbocycles. The maximum Gasteiger partial charge on any atom is 0.416 e. The molecule has 0 spiro atoms. The summed E-state index contributed by atoms with van der Waals surface area (Å²) in [6.07, 6.45) is -1.27. The number of carbonyl (C=O) groups is 2. The molecule has 3 fully saturated rings. The highest BCUT2D eigenvalue weighted by Gasteiger charge is 2.54. The Labute approximate surface area is 220 Å². The maximum absolute atomic E-state index is 13.3. The fourth-order valence-electron chi connectivity index (χ4n) is 5.91. The third kappa shape index (κ3) is 6.58. The van der Waals surface area contributed by atoms with E-state index in [1.807, 2.05) is 6.92 Å². The molecule has 2 heterocycles. The molecule has 1 saturated carbocycles. The summed E-state index contributed by atoms with van der Waals surface area (Å²) in [6.45, 7) is 6.79. The molecule has 0 unspecified atom stereocenters. The van der Waals surface area contributed by atoms with E-state index in [9.17, 15) is 22.8 Å². The number of aliphatic carboxylic acids is 1. The van der Waals surface area contributed by atoms with E-state index >= 15 is 0 Å². The second-order valence-corrected chi connectivity index (χ2v) is 11.2. The van der Waals surface area contributed by atoms with E-state index in [-0.39, 0.29) is 53.5 Å². The number of hydrogen-bond donors (Lipinski definition) is 2. The van der Waals surface area contributed by atoms with E-state index in [0.29, 0.717) is 13.0 Å². The van der Waals surface area contributed by atoms with E-state index in [4.69, 9.17) is 21.4 Å². The van der Waals surface area contributed by atoms with Crippen molar-refractivity contribution in [3.63, 3.8) is 0 Å². The van der Waals surface area contributed by atoms with Crippen molar-refractivity contribution in [1.82, 2.24) is 15.1 Å². The molecule has 1 aromatic rings. The van der Waals surface area contributed by atoms with Crippen molar-refractivity contribution in [2.24, 2.45) is 5.92 Å². The van der Waals surface area contributed by atoms with Crippen molar-refractivity contribution in [2.75, 3.05) is 26.2 Å². The van der Waals surface area contributed by atoms with Crippen molar-refractivity contribution in [3.8, 4) is 0 Å². The Morgan fingerprint density at radius 3 is 2.54 bits per heavy atom. The van der Waals surface area contributed by atoms with Crippen molar-refractivity contribution >= 4 is 23.5 Å². The predicted octanol–water partition coefficient (Wildman–Crippen LogP) is 4.17. The summed E-state index contributed by atoms with van der Waals surface area (Å²) in [5.41, 5.74) is -1.51. The summed E-state index contributed by atoms with van der Waals surface area (Å²) in [5, 5.41) is 11.9. The zero-order valence-electron chi connectivity index (χ0n) is 21.2. The number of amides is 1. The minimum Gasteiger partial charge on any atom is -0.481 e. The Morgan fingerprint density at radius 1 is 1.24 bits per heavy atom. The van der Waals surface area contributed by atoms with Gasteiger partial charge >= 0.3 is 12.1 Å². The van der Waals surface area contributed by atoms with Gasteiger partial charge in [0.05, 0.1) is 18.6 Å². The van der Waals surface area contributed by atoms with Gasteiger partial charge in [-0.05, 0) is 69.2 Å². The first-order valence-corrected chi connectivity index (χ1v) is 13.3. The third-order valence-electron chi connectivity index (χ3n) is 8.00. The molecule has 37 heavy (non-hydrogen) atoms. The maximum atomic E-state index is 13.3. The van der Waals surface area contributed by atoms with Crippen LogP contribution in [0.2, 0.25) is 5.02 Å². The smallest absolute Gasteiger partial charge is 0.416 e. The zero-order valence-corrected chi connectivity index (χ0v) is 21.9. The van der Waals surface area contributed by atoms with Crippen LogP contribution in [-0.2, 0) is 27.0 Å². The molecule has 2 aliphatic heterocycles. The molecule has 2 N–H and O–H groups in total. The van der Waals surface area contributed by atoms with Gasteiger partial charge in [0, 0.05) is 49.3 Å². The van der Waals surface area contributed by atoms with Gasteiger partial charge in [-0.15, -0.1) is 0 Å². The molecule has 1 amide bonds. The van der Waals surface area contributed by atoms with Crippen LogP contribution < -0.4 is 5.32 Å². The largest absolute Gasteiger partial charge is 0.481 e. The lowest BCUT2D eigenvalue weighted by molar-refractivity contribution is -0.166. The SMILES string of the molecule is C[C@@H](CC(=O)O)N1CCN([C@@H]2CC[C@@](C(=O)NCc3cc(Cl)cc(C(F)(F)F)c3)(C3CC3)OC2)C[C@@H]1C. The Hall–Kier alpha value is -1.88. The monoisotopic (exact) mass is 545 g/mol. The number of carboxylic acid groups (broad SMARTS) is 1. The molecular weight excluding hydrogens is 511 g/mol. The molecule has 1 aromatic carbocycles. The van der Waals surface area contributed by atoms with Gasteiger partial charge in [0.25, 0.3) is 5.91 Å². The number of carboxylic acids is 1. The molecule has 0 bridgehead atoms. The molecule has 206 valence electrons. The fraction of sp³-hybridized carbons (Fsp3) is 0.692. The molecule has 2 saturated heterocycles. The summed E-state index contributed by atoms with van der Waals surface area (Å²) in [6, 6.07) is 3.65. The van der Waals surface area contributed by atoms with Crippen LogP contribution >= 0.6 is 11.6 Å². The number of halogens is 4. The number of alkyl halides is 3. The van der Waals surface area contributed by atoms with E-state index < -0.39 is 23.3 Å². The number of nitrogens with one attached hydrogen (secondary N) is 1. The quantitative estimate of drug-likeness (QED) is 0.510. The summed E-state index contributed by atoms with van der Waals surface area (Å²) >= 11 is 5.89. The first-order chi connectivity index (χ1) is 17.4. The fourth-order valence-corrected chi connectivity index (χ4v) is 6.17. The minimum atomic E-state index is -4.52. The van der Waals surface area contributed by atoms with Gasteiger partial charge in [-0.1, -0.05) is 11.6 Å². The van der Waals surface area contributed by atoms with E-state index in [0.717, 1.165) is 51.0 Å². The first kappa shape index (κ1) is 28.1. The van der Waals surface area contributed by atoms with Crippen LogP contribution in [0.3, 0.4) is 0 Å². The molecule has 7 nitrogen and oxygen atoms in total. The lowest BCUT2D eigenvalue weighted by Crippen LogP contribution is -2.61. The molecule has 0 aromatic heterocycles. The highest BCUT2D eigenvalue weighted by Crippen LogP contribution is 2.47. The lowest BCUT2D eigenvalue weighted by Gasteiger charge is -2.48.